The van der Waals surface area contributed by atoms with Gasteiger partial charge in [-0.15, -0.1) is 0 Å². The summed E-state index contributed by atoms with van der Waals surface area (Å²) in [4.78, 5) is 12.7. The van der Waals surface area contributed by atoms with Crippen LogP contribution in [-0.4, -0.2) is 29.1 Å². The van der Waals surface area contributed by atoms with Crippen LogP contribution in [0.2, 0.25) is 0 Å². The molecule has 1 aromatic heterocycles. The van der Waals surface area contributed by atoms with Crippen molar-refractivity contribution in [2.24, 2.45) is 0 Å². The van der Waals surface area contributed by atoms with Crippen molar-refractivity contribution < 1.29 is 4.74 Å². The Balaban J connectivity index is 2.55. The molecular formula is C13H16N4O. The van der Waals surface area contributed by atoms with Crippen LogP contribution in [0.5, 0.6) is 6.01 Å². The van der Waals surface area contributed by atoms with Crippen molar-refractivity contribution in [3.63, 3.8) is 0 Å². The maximum absolute atomic E-state index is 5.08. The first-order valence-electron chi connectivity index (χ1n) is 5.69. The van der Waals surface area contributed by atoms with Gasteiger partial charge >= 0.3 is 6.01 Å². The van der Waals surface area contributed by atoms with Crippen LogP contribution in [0.25, 0.3) is 11.4 Å². The number of methoxy groups -OCH3 is 1. The summed E-state index contributed by atoms with van der Waals surface area (Å²) in [5, 5.41) is 2.90. The lowest BCUT2D eigenvalue weighted by atomic mass is 10.1. The SMILES string of the molecule is CNc1nc(OC)nc(-c2ccc(C)cc2C)n1. The van der Waals surface area contributed by atoms with Gasteiger partial charge in [0.25, 0.3) is 0 Å². The smallest absolute Gasteiger partial charge is 0.321 e. The minimum atomic E-state index is 0.310. The van der Waals surface area contributed by atoms with Crippen LogP contribution in [0.15, 0.2) is 18.2 Å². The molecule has 5 nitrogen and oxygen atoms in total. The fourth-order valence-corrected chi connectivity index (χ4v) is 1.74. The first-order chi connectivity index (χ1) is 8.63. The molecule has 0 aliphatic rings. The standard InChI is InChI=1S/C13H16N4O/c1-8-5-6-10(9(2)7-8)11-15-12(14-3)17-13(16-11)18-4/h5-7H,1-4H3,(H,14,15,16,17). The topological polar surface area (TPSA) is 59.9 Å². The molecule has 0 spiro atoms. The van der Waals surface area contributed by atoms with Gasteiger partial charge in [0.1, 0.15) is 0 Å². The number of aromatic nitrogens is 3. The lowest BCUT2D eigenvalue weighted by Gasteiger charge is -2.08. The summed E-state index contributed by atoms with van der Waals surface area (Å²) in [5.74, 6) is 1.11. The van der Waals surface area contributed by atoms with E-state index in [1.807, 2.05) is 19.1 Å². The van der Waals surface area contributed by atoms with Crippen molar-refractivity contribution in [3.8, 4) is 17.4 Å². The van der Waals surface area contributed by atoms with E-state index in [1.54, 1.807) is 14.2 Å². The Hall–Kier alpha value is -2.17. The van der Waals surface area contributed by atoms with Gasteiger partial charge < -0.3 is 10.1 Å². The molecular weight excluding hydrogens is 228 g/mol. The molecule has 0 bridgehead atoms. The molecule has 1 aromatic carbocycles. The van der Waals surface area contributed by atoms with Gasteiger partial charge in [0, 0.05) is 12.6 Å². The van der Waals surface area contributed by atoms with E-state index in [0.717, 1.165) is 11.1 Å². The molecule has 0 aliphatic carbocycles. The normalized spacial score (nSPS) is 10.2. The predicted molar refractivity (Wildman–Crippen MR) is 70.8 cm³/mol. The molecule has 0 radical (unpaired) electrons. The first-order valence-corrected chi connectivity index (χ1v) is 5.69. The van der Waals surface area contributed by atoms with Gasteiger partial charge in [0.15, 0.2) is 5.82 Å². The third-order valence-electron chi connectivity index (χ3n) is 2.64. The molecule has 1 heterocycles. The molecule has 0 aliphatic heterocycles. The molecule has 0 unspecified atom stereocenters. The van der Waals surface area contributed by atoms with Crippen molar-refractivity contribution in [3.05, 3.63) is 29.3 Å². The Morgan fingerprint density at radius 2 is 1.89 bits per heavy atom. The quantitative estimate of drug-likeness (QED) is 0.897. The predicted octanol–water partition coefficient (Wildman–Crippen LogP) is 2.21. The lowest BCUT2D eigenvalue weighted by molar-refractivity contribution is 0.379. The number of nitrogens with one attached hydrogen (secondary N) is 1. The van der Waals surface area contributed by atoms with E-state index in [1.165, 1.54) is 5.56 Å². The van der Waals surface area contributed by atoms with E-state index in [2.05, 4.69) is 33.3 Å². The zero-order valence-corrected chi connectivity index (χ0v) is 11.0. The van der Waals surface area contributed by atoms with Crippen LogP contribution in [-0.2, 0) is 0 Å². The average molecular weight is 244 g/mol. The number of hydrogen-bond donors (Lipinski definition) is 1. The second-order valence-corrected chi connectivity index (χ2v) is 4.04. The monoisotopic (exact) mass is 244 g/mol. The van der Waals surface area contributed by atoms with Gasteiger partial charge in [-0.05, 0) is 19.4 Å². The highest BCUT2D eigenvalue weighted by Crippen LogP contribution is 2.23. The van der Waals surface area contributed by atoms with E-state index < -0.39 is 0 Å². The lowest BCUT2D eigenvalue weighted by Crippen LogP contribution is -2.03. The molecule has 0 amide bonds. The molecule has 0 saturated heterocycles. The summed E-state index contributed by atoms with van der Waals surface area (Å²) in [6, 6.07) is 6.46. The Morgan fingerprint density at radius 3 is 2.50 bits per heavy atom. The molecule has 0 atom stereocenters. The molecule has 1 N–H and O–H groups in total. The number of rotatable bonds is 3. The summed E-state index contributed by atoms with van der Waals surface area (Å²) in [7, 11) is 3.31. The Morgan fingerprint density at radius 1 is 1.11 bits per heavy atom. The Kier molecular flexibility index (Phi) is 3.41. The second-order valence-electron chi connectivity index (χ2n) is 4.04. The minimum absolute atomic E-state index is 0.310. The van der Waals surface area contributed by atoms with Crippen molar-refractivity contribution in [1.29, 1.82) is 0 Å². The minimum Gasteiger partial charge on any atom is -0.467 e. The van der Waals surface area contributed by atoms with Crippen LogP contribution in [0, 0.1) is 13.8 Å². The molecule has 94 valence electrons. The summed E-state index contributed by atoms with van der Waals surface area (Å²) in [6.07, 6.45) is 0. The summed E-state index contributed by atoms with van der Waals surface area (Å²) >= 11 is 0. The van der Waals surface area contributed by atoms with Gasteiger partial charge in [0.2, 0.25) is 5.95 Å². The highest BCUT2D eigenvalue weighted by molar-refractivity contribution is 5.61. The maximum Gasteiger partial charge on any atom is 0.321 e. The first kappa shape index (κ1) is 12.3. The zero-order chi connectivity index (χ0) is 13.1. The van der Waals surface area contributed by atoms with Crippen molar-refractivity contribution in [1.82, 2.24) is 15.0 Å². The molecule has 18 heavy (non-hydrogen) atoms. The Labute approximate surface area is 106 Å². The average Bonchev–Trinajstić information content (AvgIpc) is 2.38. The van der Waals surface area contributed by atoms with Crippen LogP contribution in [0.4, 0.5) is 5.95 Å². The third kappa shape index (κ3) is 2.40. The number of nitrogens with zero attached hydrogens (tertiary/aromatic N) is 3. The van der Waals surface area contributed by atoms with Gasteiger partial charge in [-0.2, -0.15) is 15.0 Å². The Bertz CT molecular complexity index is 547. The second kappa shape index (κ2) is 5.00. The van der Waals surface area contributed by atoms with Crippen LogP contribution in [0.3, 0.4) is 0 Å². The summed E-state index contributed by atoms with van der Waals surface area (Å²) in [5.41, 5.74) is 3.33. The molecule has 2 aromatic rings. The van der Waals surface area contributed by atoms with E-state index in [0.29, 0.717) is 17.8 Å². The van der Waals surface area contributed by atoms with E-state index >= 15 is 0 Å². The molecule has 0 saturated carbocycles. The number of hydrogen-bond acceptors (Lipinski definition) is 5. The maximum atomic E-state index is 5.08. The van der Waals surface area contributed by atoms with Gasteiger partial charge in [0.05, 0.1) is 7.11 Å². The number of benzene rings is 1. The fraction of sp³-hybridized carbons (Fsp3) is 0.308. The molecule has 2 rings (SSSR count). The van der Waals surface area contributed by atoms with Crippen molar-refractivity contribution >= 4 is 5.95 Å². The highest BCUT2D eigenvalue weighted by Gasteiger charge is 2.10. The molecule has 5 heteroatoms. The van der Waals surface area contributed by atoms with Gasteiger partial charge in [-0.25, -0.2) is 0 Å². The van der Waals surface area contributed by atoms with Gasteiger partial charge in [-0.3, -0.25) is 0 Å². The number of anilines is 1. The van der Waals surface area contributed by atoms with E-state index in [4.69, 9.17) is 4.74 Å². The summed E-state index contributed by atoms with van der Waals surface area (Å²) in [6.45, 7) is 4.10. The number of aryl methyl sites for hydroxylation is 2. The zero-order valence-electron chi connectivity index (χ0n) is 11.0. The number of ether oxygens (including phenoxy) is 1. The highest BCUT2D eigenvalue weighted by atomic mass is 16.5. The van der Waals surface area contributed by atoms with E-state index in [9.17, 15) is 0 Å². The summed E-state index contributed by atoms with van der Waals surface area (Å²) < 4.78 is 5.08. The van der Waals surface area contributed by atoms with Crippen molar-refractivity contribution in [2.75, 3.05) is 19.5 Å². The largest absolute Gasteiger partial charge is 0.467 e. The van der Waals surface area contributed by atoms with Gasteiger partial charge in [-0.1, -0.05) is 23.8 Å². The van der Waals surface area contributed by atoms with Crippen LogP contribution in [0.1, 0.15) is 11.1 Å². The fourth-order valence-electron chi connectivity index (χ4n) is 1.74. The molecule has 0 fully saturated rings. The van der Waals surface area contributed by atoms with Crippen LogP contribution < -0.4 is 10.1 Å². The third-order valence-corrected chi connectivity index (χ3v) is 2.64. The van der Waals surface area contributed by atoms with E-state index in [-0.39, 0.29) is 0 Å². The van der Waals surface area contributed by atoms with Crippen molar-refractivity contribution in [2.45, 2.75) is 13.8 Å². The van der Waals surface area contributed by atoms with Crippen LogP contribution >= 0.6 is 0 Å².